The van der Waals surface area contributed by atoms with Gasteiger partial charge >= 0.3 is 6.09 Å². The lowest BCUT2D eigenvalue weighted by atomic mass is 10.1. The molecule has 1 N–H and O–H groups in total. The predicted molar refractivity (Wildman–Crippen MR) is 129 cm³/mol. The summed E-state index contributed by atoms with van der Waals surface area (Å²) < 4.78 is 11.7. The second-order valence-electron chi connectivity index (χ2n) is 8.78. The van der Waals surface area contributed by atoms with Gasteiger partial charge < -0.3 is 24.6 Å². The molecule has 0 atom stereocenters. The number of hydrogen-bond donors (Lipinski definition) is 1. The van der Waals surface area contributed by atoms with Crippen LogP contribution in [0.3, 0.4) is 0 Å². The highest BCUT2D eigenvalue weighted by Gasteiger charge is 2.38. The molecule has 2 fully saturated rings. The minimum Gasteiger partial charge on any atom is -0.495 e. The number of rotatable bonds is 5. The Morgan fingerprint density at radius 3 is 2.39 bits per heavy atom. The summed E-state index contributed by atoms with van der Waals surface area (Å²) in [5.74, 6) is 0.665. The average Bonchev–Trinajstić information content (AvgIpc) is 2.66. The van der Waals surface area contributed by atoms with E-state index in [0.717, 1.165) is 22.3 Å². The van der Waals surface area contributed by atoms with Crippen LogP contribution in [0.4, 0.5) is 10.5 Å². The fourth-order valence-electron chi connectivity index (χ4n) is 3.62. The van der Waals surface area contributed by atoms with E-state index in [1.807, 2.05) is 31.7 Å². The fourth-order valence-corrected chi connectivity index (χ4v) is 4.24. The molecule has 2 saturated heterocycles. The Balaban J connectivity index is 1.42. The number of carbonyl (C=O) groups excluding carboxylic acids is 2. The molecule has 1 aromatic carbocycles. The molecule has 2 heterocycles. The van der Waals surface area contributed by atoms with E-state index < -0.39 is 5.60 Å². The largest absolute Gasteiger partial charge is 0.495 e. The van der Waals surface area contributed by atoms with Crippen molar-refractivity contribution >= 4 is 51.9 Å². The van der Waals surface area contributed by atoms with Crippen LogP contribution in [0.2, 0.25) is 5.02 Å². The van der Waals surface area contributed by atoms with Crippen LogP contribution < -0.4 is 10.1 Å². The number of carbonyl (C=O) groups is 2. The molecule has 2 aliphatic rings. The molecule has 31 heavy (non-hydrogen) atoms. The van der Waals surface area contributed by atoms with Gasteiger partial charge in [-0.2, -0.15) is 0 Å². The molecule has 0 aromatic heterocycles. The van der Waals surface area contributed by atoms with Crippen molar-refractivity contribution in [3.05, 3.63) is 20.7 Å². The Morgan fingerprint density at radius 2 is 1.81 bits per heavy atom. The molecule has 0 unspecified atom stereocenters. The van der Waals surface area contributed by atoms with Crippen molar-refractivity contribution < 1.29 is 19.1 Å². The molecule has 3 rings (SSSR count). The summed E-state index contributed by atoms with van der Waals surface area (Å²) in [7, 11) is 1.58. The Kier molecular flexibility index (Phi) is 7.80. The predicted octanol–water partition coefficient (Wildman–Crippen LogP) is 3.13. The van der Waals surface area contributed by atoms with Crippen LogP contribution in [-0.2, 0) is 9.53 Å². The Hall–Kier alpha value is -1.46. The van der Waals surface area contributed by atoms with Crippen LogP contribution >= 0.6 is 34.2 Å². The molecule has 0 radical (unpaired) electrons. The van der Waals surface area contributed by atoms with Gasteiger partial charge in [-0.15, -0.1) is 0 Å². The first kappa shape index (κ1) is 24.2. The van der Waals surface area contributed by atoms with E-state index in [2.05, 4.69) is 32.8 Å². The Morgan fingerprint density at radius 1 is 1.16 bits per heavy atom. The summed E-state index contributed by atoms with van der Waals surface area (Å²) in [6.07, 6.45) is -0.254. The van der Waals surface area contributed by atoms with E-state index in [0.29, 0.717) is 43.0 Å². The highest BCUT2D eigenvalue weighted by molar-refractivity contribution is 14.1. The molecule has 8 nitrogen and oxygen atoms in total. The molecule has 0 saturated carbocycles. The van der Waals surface area contributed by atoms with Gasteiger partial charge in [0.1, 0.15) is 11.4 Å². The zero-order valence-corrected chi connectivity index (χ0v) is 21.3. The van der Waals surface area contributed by atoms with E-state index in [1.165, 1.54) is 0 Å². The number of hydrogen-bond acceptors (Lipinski definition) is 6. The third-order valence-corrected chi connectivity index (χ3v) is 6.89. The second kappa shape index (κ2) is 9.99. The number of methoxy groups -OCH3 is 1. The highest BCUT2D eigenvalue weighted by Crippen LogP contribution is 2.32. The summed E-state index contributed by atoms with van der Waals surface area (Å²) in [5, 5.41) is 3.79. The number of amides is 2. The molecule has 10 heteroatoms. The average molecular weight is 565 g/mol. The maximum atomic E-state index is 12.7. The maximum absolute atomic E-state index is 12.7. The van der Waals surface area contributed by atoms with Gasteiger partial charge in [0, 0.05) is 54.9 Å². The molecular formula is C21H30ClIN4O4. The molecule has 0 aliphatic carbocycles. The number of halogens is 2. The van der Waals surface area contributed by atoms with Crippen LogP contribution in [0.5, 0.6) is 5.75 Å². The zero-order valence-electron chi connectivity index (χ0n) is 18.4. The number of ether oxygens (including phenoxy) is 2. The smallest absolute Gasteiger partial charge is 0.410 e. The van der Waals surface area contributed by atoms with Gasteiger partial charge in [0.05, 0.1) is 24.4 Å². The normalized spacial score (nSPS) is 17.9. The van der Waals surface area contributed by atoms with Crippen molar-refractivity contribution in [2.24, 2.45) is 0 Å². The number of nitrogens with one attached hydrogen (secondary N) is 1. The van der Waals surface area contributed by atoms with Gasteiger partial charge in [0.15, 0.2) is 0 Å². The van der Waals surface area contributed by atoms with Gasteiger partial charge in [0.2, 0.25) is 5.91 Å². The number of anilines is 1. The summed E-state index contributed by atoms with van der Waals surface area (Å²) in [6, 6.07) is 3.96. The van der Waals surface area contributed by atoms with Crippen LogP contribution in [0.15, 0.2) is 12.1 Å². The van der Waals surface area contributed by atoms with Crippen molar-refractivity contribution in [2.75, 3.05) is 58.2 Å². The molecular weight excluding hydrogens is 535 g/mol. The first-order valence-corrected chi connectivity index (χ1v) is 11.8. The Labute approximate surface area is 202 Å². The second-order valence-corrected chi connectivity index (χ2v) is 10.3. The van der Waals surface area contributed by atoms with Crippen molar-refractivity contribution in [1.82, 2.24) is 14.7 Å². The topological polar surface area (TPSA) is 74.4 Å². The van der Waals surface area contributed by atoms with E-state index >= 15 is 0 Å². The van der Waals surface area contributed by atoms with Crippen molar-refractivity contribution in [3.63, 3.8) is 0 Å². The van der Waals surface area contributed by atoms with Crippen LogP contribution in [0.25, 0.3) is 0 Å². The molecule has 0 spiro atoms. The lowest BCUT2D eigenvalue weighted by Gasteiger charge is -2.48. The minimum atomic E-state index is -0.476. The zero-order chi connectivity index (χ0) is 22.8. The summed E-state index contributed by atoms with van der Waals surface area (Å²) in [5.41, 5.74) is 0.274. The van der Waals surface area contributed by atoms with E-state index in [-0.39, 0.29) is 18.5 Å². The van der Waals surface area contributed by atoms with Gasteiger partial charge in [0.25, 0.3) is 0 Å². The van der Waals surface area contributed by atoms with Gasteiger partial charge in [-0.05, 0) is 49.4 Å². The monoisotopic (exact) mass is 564 g/mol. The first-order valence-electron chi connectivity index (χ1n) is 10.3. The summed E-state index contributed by atoms with van der Waals surface area (Å²) in [6.45, 7) is 10.1. The molecule has 1 aromatic rings. The third-order valence-electron chi connectivity index (χ3n) is 5.37. The molecule has 2 amide bonds. The van der Waals surface area contributed by atoms with Gasteiger partial charge in [-0.1, -0.05) is 11.6 Å². The van der Waals surface area contributed by atoms with E-state index in [9.17, 15) is 9.59 Å². The lowest BCUT2D eigenvalue weighted by Crippen LogP contribution is -2.65. The molecule has 172 valence electrons. The number of benzene rings is 1. The van der Waals surface area contributed by atoms with Gasteiger partial charge in [-0.3, -0.25) is 9.69 Å². The number of piperazine rings is 1. The Bertz CT molecular complexity index is 818. The maximum Gasteiger partial charge on any atom is 0.410 e. The van der Waals surface area contributed by atoms with Crippen molar-refractivity contribution in [3.8, 4) is 5.75 Å². The SMILES string of the molecule is COc1cc(Cl)c(I)cc1NCC(=O)N1CCN(C2CN(C(=O)OC(C)(C)C)C2)CC1. The third kappa shape index (κ3) is 6.29. The van der Waals surface area contributed by atoms with Crippen LogP contribution in [0, 0.1) is 3.57 Å². The van der Waals surface area contributed by atoms with E-state index in [4.69, 9.17) is 21.1 Å². The quantitative estimate of drug-likeness (QED) is 0.554. The number of nitrogens with zero attached hydrogens (tertiary/aromatic N) is 3. The van der Waals surface area contributed by atoms with Crippen molar-refractivity contribution in [1.29, 1.82) is 0 Å². The molecule has 2 aliphatic heterocycles. The minimum absolute atomic E-state index is 0.0515. The van der Waals surface area contributed by atoms with Gasteiger partial charge in [-0.25, -0.2) is 4.79 Å². The lowest BCUT2D eigenvalue weighted by molar-refractivity contribution is -0.131. The van der Waals surface area contributed by atoms with Crippen LogP contribution in [0.1, 0.15) is 20.8 Å². The number of likely N-dealkylation sites (tertiary alicyclic amines) is 1. The summed E-state index contributed by atoms with van der Waals surface area (Å²) >= 11 is 8.29. The van der Waals surface area contributed by atoms with Crippen molar-refractivity contribution in [2.45, 2.75) is 32.4 Å². The highest BCUT2D eigenvalue weighted by atomic mass is 127. The standard InChI is InChI=1S/C21H30ClIN4O4/c1-21(2,3)31-20(29)27-12-14(13-27)25-5-7-26(8-6-25)19(28)11-24-17-10-16(23)15(22)9-18(17)30-4/h9-10,14,24H,5-8,11-13H2,1-4H3. The summed E-state index contributed by atoms with van der Waals surface area (Å²) in [4.78, 5) is 30.7. The fraction of sp³-hybridized carbons (Fsp3) is 0.619. The van der Waals surface area contributed by atoms with Crippen LogP contribution in [-0.4, -0.2) is 91.3 Å². The van der Waals surface area contributed by atoms with E-state index in [1.54, 1.807) is 18.1 Å². The first-order chi connectivity index (χ1) is 14.6. The molecule has 0 bridgehead atoms.